The van der Waals surface area contributed by atoms with Gasteiger partial charge < -0.3 is 14.8 Å². The smallest absolute Gasteiger partial charge is 0.161 e. The van der Waals surface area contributed by atoms with Crippen LogP contribution < -0.4 is 10.1 Å². The molecule has 1 aromatic heterocycles. The molecule has 1 rings (SSSR count). The molecule has 0 aliphatic heterocycles. The zero-order valence-electron chi connectivity index (χ0n) is 10.5. The molecule has 0 aromatic carbocycles. The van der Waals surface area contributed by atoms with Gasteiger partial charge in [-0.15, -0.1) is 0 Å². The van der Waals surface area contributed by atoms with Crippen LogP contribution in [-0.2, 0) is 11.8 Å². The SMILES string of the molecule is CCCOCC(NC)c1c(OC)cnn1C. The summed E-state index contributed by atoms with van der Waals surface area (Å²) >= 11 is 0. The number of nitrogens with one attached hydrogen (secondary N) is 1. The Morgan fingerprint density at radius 2 is 2.31 bits per heavy atom. The lowest BCUT2D eigenvalue weighted by Gasteiger charge is -2.17. The van der Waals surface area contributed by atoms with Crippen LogP contribution in [0, 0.1) is 0 Å². The summed E-state index contributed by atoms with van der Waals surface area (Å²) in [6, 6.07) is 0.106. The van der Waals surface area contributed by atoms with Crippen LogP contribution in [0.3, 0.4) is 0 Å². The van der Waals surface area contributed by atoms with Gasteiger partial charge >= 0.3 is 0 Å². The van der Waals surface area contributed by atoms with Gasteiger partial charge in [0.1, 0.15) is 0 Å². The number of aromatic nitrogens is 2. The first kappa shape index (κ1) is 13.0. The van der Waals surface area contributed by atoms with E-state index in [1.165, 1.54) is 0 Å². The van der Waals surface area contributed by atoms with Crippen LogP contribution in [-0.4, -0.2) is 37.2 Å². The van der Waals surface area contributed by atoms with E-state index in [-0.39, 0.29) is 6.04 Å². The number of methoxy groups -OCH3 is 1. The van der Waals surface area contributed by atoms with Gasteiger partial charge in [0, 0.05) is 13.7 Å². The maximum Gasteiger partial charge on any atom is 0.161 e. The summed E-state index contributed by atoms with van der Waals surface area (Å²) in [7, 11) is 5.47. The molecule has 0 fully saturated rings. The summed E-state index contributed by atoms with van der Waals surface area (Å²) in [5, 5.41) is 7.39. The third kappa shape index (κ3) is 2.96. The predicted octanol–water partition coefficient (Wildman–Crippen LogP) is 1.12. The van der Waals surface area contributed by atoms with Gasteiger partial charge in [0.25, 0.3) is 0 Å². The third-order valence-corrected chi connectivity index (χ3v) is 2.48. The average Bonchev–Trinajstić information content (AvgIpc) is 2.66. The highest BCUT2D eigenvalue weighted by molar-refractivity contribution is 5.28. The zero-order chi connectivity index (χ0) is 12.0. The summed E-state index contributed by atoms with van der Waals surface area (Å²) in [5.74, 6) is 0.793. The van der Waals surface area contributed by atoms with Crippen molar-refractivity contribution in [3.05, 3.63) is 11.9 Å². The monoisotopic (exact) mass is 227 g/mol. The average molecular weight is 227 g/mol. The van der Waals surface area contributed by atoms with Gasteiger partial charge in [-0.3, -0.25) is 4.68 Å². The van der Waals surface area contributed by atoms with Crippen molar-refractivity contribution in [3.63, 3.8) is 0 Å². The fourth-order valence-electron chi connectivity index (χ4n) is 1.63. The molecule has 0 bridgehead atoms. The Bertz CT molecular complexity index is 312. The molecule has 0 spiro atoms. The Balaban J connectivity index is 2.73. The van der Waals surface area contributed by atoms with Crippen LogP contribution in [0.4, 0.5) is 0 Å². The number of hydrogen-bond acceptors (Lipinski definition) is 4. The fourth-order valence-corrected chi connectivity index (χ4v) is 1.63. The molecule has 1 atom stereocenters. The minimum atomic E-state index is 0.106. The van der Waals surface area contributed by atoms with Crippen LogP contribution in [0.1, 0.15) is 25.1 Å². The van der Waals surface area contributed by atoms with Crippen LogP contribution in [0.2, 0.25) is 0 Å². The molecule has 92 valence electrons. The molecule has 0 saturated carbocycles. The Hall–Kier alpha value is -1.07. The topological polar surface area (TPSA) is 48.3 Å². The van der Waals surface area contributed by atoms with Crippen LogP contribution in [0.5, 0.6) is 5.75 Å². The van der Waals surface area contributed by atoms with Crippen LogP contribution >= 0.6 is 0 Å². The van der Waals surface area contributed by atoms with E-state index in [1.807, 2.05) is 18.8 Å². The maximum atomic E-state index is 5.55. The molecule has 0 amide bonds. The lowest BCUT2D eigenvalue weighted by atomic mass is 10.2. The molecule has 0 radical (unpaired) electrons. The first-order valence-corrected chi connectivity index (χ1v) is 5.55. The van der Waals surface area contributed by atoms with E-state index in [1.54, 1.807) is 13.3 Å². The maximum absolute atomic E-state index is 5.55. The Kier molecular flexibility index (Phi) is 5.28. The summed E-state index contributed by atoms with van der Waals surface area (Å²) in [6.45, 7) is 3.50. The second kappa shape index (κ2) is 6.50. The summed E-state index contributed by atoms with van der Waals surface area (Å²) in [6.07, 6.45) is 2.75. The molecule has 1 aromatic rings. The predicted molar refractivity (Wildman–Crippen MR) is 62.7 cm³/mol. The summed E-state index contributed by atoms with van der Waals surface area (Å²) < 4.78 is 12.6. The highest BCUT2D eigenvalue weighted by Gasteiger charge is 2.19. The van der Waals surface area contributed by atoms with Gasteiger partial charge in [0.2, 0.25) is 0 Å². The normalized spacial score (nSPS) is 12.8. The highest BCUT2D eigenvalue weighted by Crippen LogP contribution is 2.24. The standard InChI is InChI=1S/C11H21N3O2/c1-5-6-16-8-9(12-2)11-10(15-4)7-13-14(11)3/h7,9,12H,5-6,8H2,1-4H3. The van der Waals surface area contributed by atoms with E-state index in [9.17, 15) is 0 Å². The van der Waals surface area contributed by atoms with Crippen molar-refractivity contribution in [1.29, 1.82) is 0 Å². The van der Waals surface area contributed by atoms with Crippen molar-refractivity contribution in [3.8, 4) is 5.75 Å². The van der Waals surface area contributed by atoms with Crippen molar-refractivity contribution < 1.29 is 9.47 Å². The van der Waals surface area contributed by atoms with Crippen molar-refractivity contribution in [1.82, 2.24) is 15.1 Å². The molecular weight excluding hydrogens is 206 g/mol. The molecule has 1 heterocycles. The molecule has 5 nitrogen and oxygen atoms in total. The zero-order valence-corrected chi connectivity index (χ0v) is 10.5. The Morgan fingerprint density at radius 1 is 1.56 bits per heavy atom. The van der Waals surface area contributed by atoms with E-state index in [0.717, 1.165) is 24.5 Å². The molecule has 5 heteroatoms. The van der Waals surface area contributed by atoms with Gasteiger partial charge in [-0.25, -0.2) is 0 Å². The van der Waals surface area contributed by atoms with Gasteiger partial charge in [-0.05, 0) is 13.5 Å². The number of ether oxygens (including phenoxy) is 2. The molecule has 1 unspecified atom stereocenters. The first-order valence-electron chi connectivity index (χ1n) is 5.55. The lowest BCUT2D eigenvalue weighted by Crippen LogP contribution is -2.25. The van der Waals surface area contributed by atoms with Gasteiger partial charge in [0.05, 0.1) is 31.6 Å². The van der Waals surface area contributed by atoms with E-state index < -0.39 is 0 Å². The van der Waals surface area contributed by atoms with Crippen molar-refractivity contribution in [2.75, 3.05) is 27.4 Å². The number of hydrogen-bond donors (Lipinski definition) is 1. The second-order valence-corrected chi connectivity index (χ2v) is 3.64. The molecule has 16 heavy (non-hydrogen) atoms. The quantitative estimate of drug-likeness (QED) is 0.709. The minimum absolute atomic E-state index is 0.106. The van der Waals surface area contributed by atoms with E-state index in [2.05, 4.69) is 17.3 Å². The van der Waals surface area contributed by atoms with Crippen molar-refractivity contribution in [2.45, 2.75) is 19.4 Å². The fraction of sp³-hybridized carbons (Fsp3) is 0.727. The number of aryl methyl sites for hydroxylation is 1. The molecule has 0 saturated heterocycles. The highest BCUT2D eigenvalue weighted by atomic mass is 16.5. The Morgan fingerprint density at radius 3 is 2.88 bits per heavy atom. The molecule has 1 N–H and O–H groups in total. The minimum Gasteiger partial charge on any atom is -0.493 e. The number of rotatable bonds is 7. The van der Waals surface area contributed by atoms with E-state index in [0.29, 0.717) is 6.61 Å². The number of likely N-dealkylation sites (N-methyl/N-ethyl adjacent to an activating group) is 1. The van der Waals surface area contributed by atoms with Gasteiger partial charge in [0.15, 0.2) is 5.75 Å². The second-order valence-electron chi connectivity index (χ2n) is 3.64. The molecule has 0 aliphatic rings. The van der Waals surface area contributed by atoms with E-state index >= 15 is 0 Å². The van der Waals surface area contributed by atoms with E-state index in [4.69, 9.17) is 9.47 Å². The lowest BCUT2D eigenvalue weighted by molar-refractivity contribution is 0.111. The van der Waals surface area contributed by atoms with Gasteiger partial charge in [-0.1, -0.05) is 6.92 Å². The van der Waals surface area contributed by atoms with Crippen LogP contribution in [0.15, 0.2) is 6.20 Å². The largest absolute Gasteiger partial charge is 0.493 e. The molecule has 0 aliphatic carbocycles. The van der Waals surface area contributed by atoms with Crippen molar-refractivity contribution in [2.24, 2.45) is 7.05 Å². The Labute approximate surface area is 96.7 Å². The third-order valence-electron chi connectivity index (χ3n) is 2.48. The van der Waals surface area contributed by atoms with Gasteiger partial charge in [-0.2, -0.15) is 5.10 Å². The van der Waals surface area contributed by atoms with Crippen LogP contribution in [0.25, 0.3) is 0 Å². The molecular formula is C11H21N3O2. The number of nitrogens with zero attached hydrogens (tertiary/aromatic N) is 2. The summed E-state index contributed by atoms with van der Waals surface area (Å²) in [5.41, 5.74) is 1.01. The first-order chi connectivity index (χ1) is 7.74. The van der Waals surface area contributed by atoms with Crippen molar-refractivity contribution >= 4 is 0 Å². The summed E-state index contributed by atoms with van der Waals surface area (Å²) in [4.78, 5) is 0.